The van der Waals surface area contributed by atoms with E-state index in [0.717, 1.165) is 12.0 Å². The van der Waals surface area contributed by atoms with E-state index >= 15 is 0 Å². The number of nitrogens with one attached hydrogen (secondary N) is 1. The smallest absolute Gasteiger partial charge is 0.165 e. The normalized spacial score (nSPS) is 22.9. The van der Waals surface area contributed by atoms with Crippen LogP contribution >= 0.6 is 11.6 Å². The summed E-state index contributed by atoms with van der Waals surface area (Å²) >= 11 is 6.01. The fraction of sp³-hybridized carbons (Fsp3) is 0.500. The molecule has 3 nitrogen and oxygen atoms in total. The minimum Gasteiger partial charge on any atom is -0.343 e. The maximum atomic E-state index is 12.3. The molecule has 1 aromatic rings. The Morgan fingerprint density at radius 2 is 2.15 bits per heavy atom. The lowest BCUT2D eigenvalue weighted by Crippen LogP contribution is -2.47. The summed E-state index contributed by atoms with van der Waals surface area (Å²) in [6.07, 6.45) is 1.01. The van der Waals surface area contributed by atoms with Crippen LogP contribution in [0.4, 0.5) is 0 Å². The summed E-state index contributed by atoms with van der Waals surface area (Å²) in [4.78, 5) is 14.2. The largest absolute Gasteiger partial charge is 0.343 e. The van der Waals surface area contributed by atoms with Gasteiger partial charge in [0.15, 0.2) is 5.78 Å². The van der Waals surface area contributed by atoms with E-state index in [9.17, 15) is 4.79 Å². The Labute approximate surface area is 125 Å². The Morgan fingerprint density at radius 3 is 2.75 bits per heavy atom. The first-order chi connectivity index (χ1) is 9.33. The van der Waals surface area contributed by atoms with E-state index < -0.39 is 5.54 Å². The Kier molecular flexibility index (Phi) is 4.19. The number of halogens is 1. The number of carbonyl (C=O) groups excluding carboxylic acids is 1. The van der Waals surface area contributed by atoms with Gasteiger partial charge < -0.3 is 4.90 Å². The Morgan fingerprint density at radius 1 is 1.45 bits per heavy atom. The molecule has 1 saturated heterocycles. The number of likely N-dealkylation sites (tertiary alicyclic amines) is 1. The average molecular weight is 293 g/mol. The summed E-state index contributed by atoms with van der Waals surface area (Å²) in [6.45, 7) is 6.74. The third kappa shape index (κ3) is 2.88. The molecule has 1 aliphatic rings. The number of hydrogen-bond donors (Lipinski definition) is 1. The van der Waals surface area contributed by atoms with Crippen LogP contribution < -0.4 is 0 Å². The molecule has 0 saturated carbocycles. The maximum absolute atomic E-state index is 12.3. The molecule has 0 radical (unpaired) electrons. The van der Waals surface area contributed by atoms with Gasteiger partial charge in [0.2, 0.25) is 0 Å². The lowest BCUT2D eigenvalue weighted by molar-refractivity contribution is -0.125. The van der Waals surface area contributed by atoms with Crippen LogP contribution in [-0.4, -0.2) is 22.1 Å². The third-order valence-corrected chi connectivity index (χ3v) is 4.12. The first-order valence-corrected chi connectivity index (χ1v) is 7.33. The minimum atomic E-state index is -0.562. The van der Waals surface area contributed by atoms with Gasteiger partial charge in [0.1, 0.15) is 5.84 Å². The molecule has 20 heavy (non-hydrogen) atoms. The number of benzene rings is 1. The number of nitrogens with zero attached hydrogens (tertiary/aromatic N) is 1. The number of hydrogen-bond acceptors (Lipinski definition) is 2. The van der Waals surface area contributed by atoms with Crippen molar-refractivity contribution < 1.29 is 4.79 Å². The van der Waals surface area contributed by atoms with Crippen LogP contribution in [0.2, 0.25) is 5.02 Å². The van der Waals surface area contributed by atoms with Gasteiger partial charge in [-0.1, -0.05) is 37.6 Å². The molecule has 1 fully saturated rings. The highest BCUT2D eigenvalue weighted by molar-refractivity contribution is 6.30. The van der Waals surface area contributed by atoms with E-state index in [1.165, 1.54) is 0 Å². The summed E-state index contributed by atoms with van der Waals surface area (Å²) < 4.78 is 0. The van der Waals surface area contributed by atoms with Crippen molar-refractivity contribution in [3.63, 3.8) is 0 Å². The quantitative estimate of drug-likeness (QED) is 0.915. The lowest BCUT2D eigenvalue weighted by Gasteiger charge is -2.36. The number of ketones is 1. The second-order valence-corrected chi connectivity index (χ2v) is 6.57. The molecular weight excluding hydrogens is 272 g/mol. The summed E-state index contributed by atoms with van der Waals surface area (Å²) in [5, 5.41) is 8.80. The molecule has 2 rings (SSSR count). The molecule has 0 spiro atoms. The van der Waals surface area contributed by atoms with Crippen LogP contribution in [-0.2, 0) is 11.3 Å². The van der Waals surface area contributed by atoms with Gasteiger partial charge in [-0.15, -0.1) is 0 Å². The number of carbonyl (C=O) groups is 1. The van der Waals surface area contributed by atoms with Crippen LogP contribution in [0.15, 0.2) is 24.3 Å². The van der Waals surface area contributed by atoms with Crippen molar-refractivity contribution in [3.05, 3.63) is 34.9 Å². The number of rotatable bonds is 4. The van der Waals surface area contributed by atoms with E-state index in [0.29, 0.717) is 23.3 Å². The van der Waals surface area contributed by atoms with Gasteiger partial charge in [-0.3, -0.25) is 10.2 Å². The van der Waals surface area contributed by atoms with Crippen LogP contribution in [0.3, 0.4) is 0 Å². The van der Waals surface area contributed by atoms with E-state index in [-0.39, 0.29) is 12.2 Å². The predicted octanol–water partition coefficient (Wildman–Crippen LogP) is 3.90. The van der Waals surface area contributed by atoms with Crippen molar-refractivity contribution in [3.8, 4) is 0 Å². The first-order valence-electron chi connectivity index (χ1n) is 6.96. The van der Waals surface area contributed by atoms with Crippen molar-refractivity contribution in [1.82, 2.24) is 4.90 Å². The molecule has 1 aromatic carbocycles. The minimum absolute atomic E-state index is 0.151. The van der Waals surface area contributed by atoms with Crippen molar-refractivity contribution in [1.29, 1.82) is 5.41 Å². The highest BCUT2D eigenvalue weighted by atomic mass is 35.5. The Bertz CT molecular complexity index is 541. The number of Topliss-reactive ketones (excluding diaryl/α,β-unsaturated/α-hetero) is 1. The monoisotopic (exact) mass is 292 g/mol. The molecule has 1 atom stereocenters. The molecule has 0 amide bonds. The second kappa shape index (κ2) is 5.57. The standard InChI is InChI=1S/C16H21ClN2O/c1-11(2)9-16(3)14(20)8-15(18)19(16)10-12-5-4-6-13(17)7-12/h4-7,11,18H,8-10H2,1-3H3. The van der Waals surface area contributed by atoms with Crippen LogP contribution in [0.1, 0.15) is 39.2 Å². The van der Waals surface area contributed by atoms with Gasteiger partial charge in [0.25, 0.3) is 0 Å². The van der Waals surface area contributed by atoms with Gasteiger partial charge in [-0.25, -0.2) is 0 Å². The predicted molar refractivity (Wildman–Crippen MR) is 82.2 cm³/mol. The molecule has 0 aromatic heterocycles. The topological polar surface area (TPSA) is 44.2 Å². The first kappa shape index (κ1) is 15.0. The van der Waals surface area contributed by atoms with Gasteiger partial charge >= 0.3 is 0 Å². The SMILES string of the molecule is CC(C)CC1(C)C(=O)CC(=N)N1Cc1cccc(Cl)c1. The van der Waals surface area contributed by atoms with Gasteiger partial charge in [-0.2, -0.15) is 0 Å². The van der Waals surface area contributed by atoms with Crippen molar-refractivity contribution in [2.75, 3.05) is 0 Å². The molecule has 4 heteroatoms. The van der Waals surface area contributed by atoms with Gasteiger partial charge in [-0.05, 0) is 37.0 Å². The van der Waals surface area contributed by atoms with Gasteiger partial charge in [0, 0.05) is 11.6 Å². The molecular formula is C16H21ClN2O. The van der Waals surface area contributed by atoms with E-state index in [1.807, 2.05) is 36.1 Å². The Balaban J connectivity index is 2.27. The lowest BCUT2D eigenvalue weighted by atomic mass is 9.87. The fourth-order valence-corrected chi connectivity index (χ4v) is 3.21. The molecule has 1 N–H and O–H groups in total. The average Bonchev–Trinajstić information content (AvgIpc) is 2.52. The zero-order valence-electron chi connectivity index (χ0n) is 12.2. The van der Waals surface area contributed by atoms with Crippen LogP contribution in [0.5, 0.6) is 0 Å². The highest BCUT2D eigenvalue weighted by Gasteiger charge is 2.46. The van der Waals surface area contributed by atoms with E-state index in [1.54, 1.807) is 0 Å². The summed E-state index contributed by atoms with van der Waals surface area (Å²) in [5.74, 6) is 0.980. The second-order valence-electron chi connectivity index (χ2n) is 6.13. The summed E-state index contributed by atoms with van der Waals surface area (Å²) in [5.41, 5.74) is 0.472. The molecule has 0 bridgehead atoms. The van der Waals surface area contributed by atoms with Crippen LogP contribution in [0.25, 0.3) is 0 Å². The van der Waals surface area contributed by atoms with Crippen molar-refractivity contribution in [2.45, 2.75) is 45.7 Å². The van der Waals surface area contributed by atoms with Crippen molar-refractivity contribution >= 4 is 23.2 Å². The summed E-state index contributed by atoms with van der Waals surface area (Å²) in [7, 11) is 0. The maximum Gasteiger partial charge on any atom is 0.165 e. The molecule has 0 aliphatic carbocycles. The highest BCUT2D eigenvalue weighted by Crippen LogP contribution is 2.34. The molecule has 1 heterocycles. The van der Waals surface area contributed by atoms with Crippen molar-refractivity contribution in [2.24, 2.45) is 5.92 Å². The summed E-state index contributed by atoms with van der Waals surface area (Å²) in [6, 6.07) is 7.61. The number of amidine groups is 1. The van der Waals surface area contributed by atoms with Crippen LogP contribution in [0, 0.1) is 11.3 Å². The van der Waals surface area contributed by atoms with E-state index in [2.05, 4.69) is 13.8 Å². The zero-order chi connectivity index (χ0) is 14.9. The zero-order valence-corrected chi connectivity index (χ0v) is 13.0. The molecule has 1 aliphatic heterocycles. The third-order valence-electron chi connectivity index (χ3n) is 3.89. The molecule has 108 valence electrons. The fourth-order valence-electron chi connectivity index (χ4n) is 2.99. The Hall–Kier alpha value is -1.35. The van der Waals surface area contributed by atoms with E-state index in [4.69, 9.17) is 17.0 Å². The van der Waals surface area contributed by atoms with Gasteiger partial charge in [0.05, 0.1) is 12.0 Å². The molecule has 1 unspecified atom stereocenters.